The van der Waals surface area contributed by atoms with Crippen LogP contribution in [0.4, 0.5) is 5.00 Å². The Morgan fingerprint density at radius 2 is 2.19 bits per heavy atom. The van der Waals surface area contributed by atoms with Crippen LogP contribution in [-0.2, 0) is 16.9 Å². The van der Waals surface area contributed by atoms with Crippen molar-refractivity contribution in [3.05, 3.63) is 44.2 Å². The number of ether oxygens (including phenoxy) is 1. The molecule has 168 valence electrons. The summed E-state index contributed by atoms with van der Waals surface area (Å²) in [5.74, 6) is 0.945. The lowest BCUT2D eigenvalue weighted by Gasteiger charge is -2.25. The highest BCUT2D eigenvalue weighted by atomic mass is 32.2. The van der Waals surface area contributed by atoms with Crippen LogP contribution in [-0.4, -0.2) is 27.3 Å². The summed E-state index contributed by atoms with van der Waals surface area (Å²) < 4.78 is 7.47. The Balaban J connectivity index is 1.63. The molecule has 7 nitrogen and oxygen atoms in total. The van der Waals surface area contributed by atoms with Gasteiger partial charge in [0, 0.05) is 28.7 Å². The van der Waals surface area contributed by atoms with Gasteiger partial charge in [-0.25, -0.2) is 4.79 Å². The number of carbonyl (C=O) groups is 1. The Morgan fingerprint density at radius 3 is 2.88 bits per heavy atom. The molecule has 32 heavy (non-hydrogen) atoms. The van der Waals surface area contributed by atoms with Gasteiger partial charge >= 0.3 is 5.97 Å². The summed E-state index contributed by atoms with van der Waals surface area (Å²) in [6.07, 6.45) is 6.67. The highest BCUT2D eigenvalue weighted by molar-refractivity contribution is 7.98. The predicted molar refractivity (Wildman–Crippen MR) is 128 cm³/mol. The van der Waals surface area contributed by atoms with E-state index in [-0.39, 0.29) is 6.61 Å². The van der Waals surface area contributed by atoms with Crippen molar-refractivity contribution in [1.29, 1.82) is 5.26 Å². The van der Waals surface area contributed by atoms with E-state index in [2.05, 4.69) is 38.3 Å². The first-order valence-corrected chi connectivity index (χ1v) is 13.4. The minimum atomic E-state index is -0.437. The average molecular weight is 488 g/mol. The highest BCUT2D eigenvalue weighted by Crippen LogP contribution is 2.38. The topological polar surface area (TPSA) is 107 Å². The van der Waals surface area contributed by atoms with Gasteiger partial charge in [0.2, 0.25) is 0 Å². The summed E-state index contributed by atoms with van der Waals surface area (Å²) in [5.41, 5.74) is 7.01. The molecule has 1 aliphatic carbocycles. The molecule has 1 aliphatic rings. The molecular formula is C22H25N5O2S3. The third-order valence-corrected chi connectivity index (χ3v) is 8.43. The zero-order chi connectivity index (χ0) is 22.5. The molecule has 0 radical (unpaired) electrons. The van der Waals surface area contributed by atoms with Crippen LogP contribution in [0.25, 0.3) is 0 Å². The summed E-state index contributed by atoms with van der Waals surface area (Å²) in [7, 11) is 0. The molecule has 0 spiro atoms. The third kappa shape index (κ3) is 4.85. The number of rotatable bonds is 8. The Labute approximate surface area is 199 Å². The van der Waals surface area contributed by atoms with Crippen LogP contribution < -0.4 is 5.73 Å². The Hall–Kier alpha value is -2.35. The van der Waals surface area contributed by atoms with Crippen LogP contribution in [0.2, 0.25) is 0 Å². The number of carbonyl (C=O) groups excluding carboxylic acids is 1. The number of aromatic nitrogens is 3. The van der Waals surface area contributed by atoms with Gasteiger partial charge in [0.1, 0.15) is 21.8 Å². The first-order valence-electron chi connectivity index (χ1n) is 10.7. The number of nitrogens with two attached hydrogens (primary N) is 1. The van der Waals surface area contributed by atoms with E-state index in [1.165, 1.54) is 35.9 Å². The van der Waals surface area contributed by atoms with Gasteiger partial charge in [0.25, 0.3) is 0 Å². The fourth-order valence-corrected chi connectivity index (χ4v) is 6.82. The molecule has 3 aromatic rings. The van der Waals surface area contributed by atoms with Crippen LogP contribution in [0.3, 0.4) is 0 Å². The van der Waals surface area contributed by atoms with Gasteiger partial charge in [-0.05, 0) is 31.2 Å². The van der Waals surface area contributed by atoms with E-state index in [1.54, 1.807) is 18.3 Å². The molecule has 0 aromatic carbocycles. The normalized spacial score (nSPS) is 14.4. The monoisotopic (exact) mass is 487 g/mol. The zero-order valence-corrected chi connectivity index (χ0v) is 20.3. The highest BCUT2D eigenvalue weighted by Gasteiger charge is 2.26. The minimum absolute atomic E-state index is 0.271. The van der Waals surface area contributed by atoms with Crippen molar-refractivity contribution < 1.29 is 9.53 Å². The number of esters is 1. The van der Waals surface area contributed by atoms with Crippen molar-refractivity contribution in [1.82, 2.24) is 14.8 Å². The van der Waals surface area contributed by atoms with E-state index in [0.717, 1.165) is 41.6 Å². The standard InChI is InChI=1S/C22H25N5O2S3/c1-2-29-21(28)19-17(16(12-23)20(24)32-19)13-31-22-26-25-18(11-15-9-6-10-30-15)27(22)14-7-4-3-5-8-14/h6,9-10,14H,2-5,7-8,11,13,24H2,1H3. The van der Waals surface area contributed by atoms with Crippen LogP contribution in [0.15, 0.2) is 22.7 Å². The lowest BCUT2D eigenvalue weighted by Crippen LogP contribution is -2.16. The SMILES string of the molecule is CCOC(=O)c1sc(N)c(C#N)c1CSc1nnc(Cc2cccs2)n1C1CCCCC1. The quantitative estimate of drug-likeness (QED) is 0.334. The van der Waals surface area contributed by atoms with E-state index in [9.17, 15) is 10.1 Å². The predicted octanol–water partition coefficient (Wildman–Crippen LogP) is 5.42. The molecule has 4 rings (SSSR count). The smallest absolute Gasteiger partial charge is 0.348 e. The fourth-order valence-electron chi connectivity index (χ4n) is 4.04. The second-order valence-corrected chi connectivity index (χ2v) is 10.6. The molecule has 10 heteroatoms. The summed E-state index contributed by atoms with van der Waals surface area (Å²) >= 11 is 4.34. The molecule has 0 unspecified atom stereocenters. The van der Waals surface area contributed by atoms with Crippen molar-refractivity contribution >= 4 is 45.4 Å². The third-order valence-electron chi connectivity index (χ3n) is 5.54. The number of thioether (sulfide) groups is 1. The van der Waals surface area contributed by atoms with E-state index in [1.807, 2.05) is 0 Å². The Morgan fingerprint density at radius 1 is 1.38 bits per heavy atom. The van der Waals surface area contributed by atoms with Crippen molar-refractivity contribution in [3.63, 3.8) is 0 Å². The van der Waals surface area contributed by atoms with E-state index in [4.69, 9.17) is 10.5 Å². The summed E-state index contributed by atoms with van der Waals surface area (Å²) in [6.45, 7) is 2.03. The Kier molecular flexibility index (Phi) is 7.50. The second-order valence-electron chi connectivity index (χ2n) is 7.59. The van der Waals surface area contributed by atoms with Gasteiger partial charge in [-0.1, -0.05) is 37.1 Å². The lowest BCUT2D eigenvalue weighted by molar-refractivity contribution is 0.0531. The lowest BCUT2D eigenvalue weighted by atomic mass is 9.95. The molecule has 0 bridgehead atoms. The van der Waals surface area contributed by atoms with Crippen molar-refractivity contribution in [2.45, 2.75) is 62.4 Å². The van der Waals surface area contributed by atoms with Gasteiger partial charge in [-0.2, -0.15) is 5.26 Å². The van der Waals surface area contributed by atoms with Gasteiger partial charge in [-0.15, -0.1) is 32.9 Å². The average Bonchev–Trinajstić information content (AvgIpc) is 3.52. The summed E-state index contributed by atoms with van der Waals surface area (Å²) in [4.78, 5) is 14.1. The van der Waals surface area contributed by atoms with Crippen molar-refractivity contribution in [2.24, 2.45) is 0 Å². The van der Waals surface area contributed by atoms with Crippen LogP contribution >= 0.6 is 34.4 Å². The largest absolute Gasteiger partial charge is 0.462 e. The number of nitriles is 1. The molecule has 1 saturated carbocycles. The maximum Gasteiger partial charge on any atom is 0.348 e. The molecule has 1 fully saturated rings. The van der Waals surface area contributed by atoms with Crippen LogP contribution in [0, 0.1) is 11.3 Å². The van der Waals surface area contributed by atoms with E-state index >= 15 is 0 Å². The van der Waals surface area contributed by atoms with Crippen molar-refractivity contribution in [3.8, 4) is 6.07 Å². The number of nitrogen functional groups attached to an aromatic ring is 1. The maximum absolute atomic E-state index is 12.4. The first-order chi connectivity index (χ1) is 15.6. The fraction of sp³-hybridized carbons (Fsp3) is 0.455. The van der Waals surface area contributed by atoms with Gasteiger partial charge in [0.05, 0.1) is 12.2 Å². The molecule has 2 N–H and O–H groups in total. The van der Waals surface area contributed by atoms with E-state index in [0.29, 0.717) is 32.8 Å². The molecule has 0 aliphatic heterocycles. The second kappa shape index (κ2) is 10.5. The van der Waals surface area contributed by atoms with Gasteiger partial charge in [-0.3, -0.25) is 0 Å². The number of nitrogens with zero attached hydrogens (tertiary/aromatic N) is 4. The van der Waals surface area contributed by atoms with Gasteiger partial charge < -0.3 is 15.0 Å². The number of anilines is 1. The van der Waals surface area contributed by atoms with Crippen molar-refractivity contribution in [2.75, 3.05) is 12.3 Å². The molecule has 0 saturated heterocycles. The summed E-state index contributed by atoms with van der Waals surface area (Å²) in [5, 5.41) is 21.9. The zero-order valence-electron chi connectivity index (χ0n) is 17.9. The molecular weight excluding hydrogens is 462 g/mol. The van der Waals surface area contributed by atoms with Crippen LogP contribution in [0.5, 0.6) is 0 Å². The van der Waals surface area contributed by atoms with Gasteiger partial charge in [0.15, 0.2) is 5.16 Å². The number of hydrogen-bond donors (Lipinski definition) is 1. The Bertz CT molecular complexity index is 1110. The molecule has 3 heterocycles. The number of thiophene rings is 2. The van der Waals surface area contributed by atoms with E-state index < -0.39 is 5.97 Å². The van der Waals surface area contributed by atoms with Crippen LogP contribution in [0.1, 0.15) is 76.6 Å². The molecule has 0 atom stereocenters. The first kappa shape index (κ1) is 22.8. The summed E-state index contributed by atoms with van der Waals surface area (Å²) in [6, 6.07) is 6.71. The molecule has 3 aromatic heterocycles. The number of hydrogen-bond acceptors (Lipinski definition) is 9. The molecule has 0 amide bonds. The minimum Gasteiger partial charge on any atom is -0.462 e. The maximum atomic E-state index is 12.4.